The SMILES string of the molecule is OC1C[C@H]2CC[C@@H](C1)N2CC(F)F. The third-order valence-electron chi connectivity index (χ3n) is 3.21. The summed E-state index contributed by atoms with van der Waals surface area (Å²) in [7, 11) is 0. The summed E-state index contributed by atoms with van der Waals surface area (Å²) in [5.41, 5.74) is 0. The molecule has 0 spiro atoms. The van der Waals surface area contributed by atoms with Crippen LogP contribution in [0.3, 0.4) is 0 Å². The van der Waals surface area contributed by atoms with Gasteiger partial charge in [0.15, 0.2) is 0 Å². The molecular weight excluding hydrogens is 176 g/mol. The van der Waals surface area contributed by atoms with Crippen LogP contribution in [0.4, 0.5) is 8.78 Å². The lowest BCUT2D eigenvalue weighted by Gasteiger charge is -2.36. The molecule has 13 heavy (non-hydrogen) atoms. The Kier molecular flexibility index (Phi) is 2.51. The van der Waals surface area contributed by atoms with Crippen LogP contribution in [0.15, 0.2) is 0 Å². The normalized spacial score (nSPS) is 40.2. The van der Waals surface area contributed by atoms with Crippen molar-refractivity contribution in [3.8, 4) is 0 Å². The van der Waals surface area contributed by atoms with Crippen molar-refractivity contribution in [2.75, 3.05) is 6.54 Å². The van der Waals surface area contributed by atoms with Gasteiger partial charge in [-0.1, -0.05) is 0 Å². The molecule has 0 saturated carbocycles. The molecule has 76 valence electrons. The van der Waals surface area contributed by atoms with Gasteiger partial charge >= 0.3 is 0 Å². The first kappa shape index (κ1) is 9.34. The van der Waals surface area contributed by atoms with E-state index in [2.05, 4.69) is 0 Å². The molecule has 2 fully saturated rings. The highest BCUT2D eigenvalue weighted by Crippen LogP contribution is 2.35. The summed E-state index contributed by atoms with van der Waals surface area (Å²) in [4.78, 5) is 1.89. The number of alkyl halides is 2. The summed E-state index contributed by atoms with van der Waals surface area (Å²) in [6.07, 6.45) is 0.833. The number of hydrogen-bond donors (Lipinski definition) is 1. The van der Waals surface area contributed by atoms with Gasteiger partial charge in [0.05, 0.1) is 12.6 Å². The summed E-state index contributed by atoms with van der Waals surface area (Å²) in [6.45, 7) is -0.109. The Morgan fingerprint density at radius 1 is 1.23 bits per heavy atom. The van der Waals surface area contributed by atoms with Crippen LogP contribution in [-0.2, 0) is 0 Å². The first-order chi connectivity index (χ1) is 6.16. The lowest BCUT2D eigenvalue weighted by Crippen LogP contribution is -2.46. The van der Waals surface area contributed by atoms with E-state index in [-0.39, 0.29) is 24.7 Å². The fourth-order valence-electron chi connectivity index (χ4n) is 2.70. The zero-order valence-electron chi connectivity index (χ0n) is 7.50. The maximum Gasteiger partial charge on any atom is 0.251 e. The van der Waals surface area contributed by atoms with Gasteiger partial charge < -0.3 is 5.11 Å². The summed E-state index contributed by atoms with van der Waals surface area (Å²) in [5, 5.41) is 9.43. The maximum absolute atomic E-state index is 12.2. The molecule has 0 aromatic heterocycles. The summed E-state index contributed by atoms with van der Waals surface area (Å²) in [6, 6.07) is 0.422. The number of nitrogens with zero attached hydrogens (tertiary/aromatic N) is 1. The van der Waals surface area contributed by atoms with Gasteiger partial charge in [0, 0.05) is 12.1 Å². The molecule has 1 N–H and O–H groups in total. The van der Waals surface area contributed by atoms with Crippen LogP contribution in [0, 0.1) is 0 Å². The van der Waals surface area contributed by atoms with Crippen molar-refractivity contribution in [1.29, 1.82) is 0 Å². The van der Waals surface area contributed by atoms with Crippen LogP contribution in [0.2, 0.25) is 0 Å². The monoisotopic (exact) mass is 191 g/mol. The number of halogens is 2. The van der Waals surface area contributed by atoms with Gasteiger partial charge in [-0.15, -0.1) is 0 Å². The second-order valence-electron chi connectivity index (χ2n) is 4.10. The Morgan fingerprint density at radius 2 is 1.77 bits per heavy atom. The van der Waals surface area contributed by atoms with E-state index in [9.17, 15) is 13.9 Å². The van der Waals surface area contributed by atoms with Gasteiger partial charge in [-0.25, -0.2) is 8.78 Å². The predicted octanol–water partition coefficient (Wildman–Crippen LogP) is 1.24. The molecule has 0 amide bonds. The summed E-state index contributed by atoms with van der Waals surface area (Å²) in [5.74, 6) is 0. The standard InChI is InChI=1S/C9H15F2NO/c10-9(11)5-12-6-1-2-7(12)4-8(13)3-6/h6-9,13H,1-5H2/t6-,7+,8?. The maximum atomic E-state index is 12.2. The van der Waals surface area contributed by atoms with E-state index in [1.165, 1.54) is 0 Å². The van der Waals surface area contributed by atoms with E-state index in [1.807, 2.05) is 4.90 Å². The molecule has 2 bridgehead atoms. The van der Waals surface area contributed by atoms with E-state index in [0.29, 0.717) is 12.8 Å². The highest BCUT2D eigenvalue weighted by molar-refractivity contribution is 4.95. The molecule has 2 nitrogen and oxygen atoms in total. The summed E-state index contributed by atoms with van der Waals surface area (Å²) < 4.78 is 24.4. The minimum absolute atomic E-state index is 0.109. The van der Waals surface area contributed by atoms with Crippen molar-refractivity contribution < 1.29 is 13.9 Å². The molecule has 0 aliphatic carbocycles. The molecule has 1 unspecified atom stereocenters. The van der Waals surface area contributed by atoms with Crippen molar-refractivity contribution in [3.05, 3.63) is 0 Å². The average Bonchev–Trinajstić information content (AvgIpc) is 2.32. The number of aliphatic hydroxyl groups is 1. The van der Waals surface area contributed by atoms with E-state index < -0.39 is 6.43 Å². The Labute approximate surface area is 76.5 Å². The van der Waals surface area contributed by atoms with Gasteiger partial charge in [0.2, 0.25) is 0 Å². The number of piperidine rings is 1. The molecule has 2 aliphatic heterocycles. The molecule has 3 atom stereocenters. The van der Waals surface area contributed by atoms with Crippen LogP contribution in [0.5, 0.6) is 0 Å². The largest absolute Gasteiger partial charge is 0.393 e. The molecule has 0 aromatic carbocycles. The quantitative estimate of drug-likeness (QED) is 0.709. The minimum Gasteiger partial charge on any atom is -0.393 e. The smallest absolute Gasteiger partial charge is 0.251 e. The van der Waals surface area contributed by atoms with Crippen molar-refractivity contribution in [3.63, 3.8) is 0 Å². The Bertz CT molecular complexity index is 174. The van der Waals surface area contributed by atoms with Gasteiger partial charge in [-0.05, 0) is 25.7 Å². The highest BCUT2D eigenvalue weighted by atomic mass is 19.3. The van der Waals surface area contributed by atoms with Crippen LogP contribution in [0.1, 0.15) is 25.7 Å². The van der Waals surface area contributed by atoms with Crippen LogP contribution in [0.25, 0.3) is 0 Å². The zero-order valence-corrected chi connectivity index (χ0v) is 7.50. The Hall–Kier alpha value is -0.220. The second kappa shape index (κ2) is 3.50. The highest BCUT2D eigenvalue weighted by Gasteiger charge is 2.40. The van der Waals surface area contributed by atoms with Crippen LogP contribution >= 0.6 is 0 Å². The van der Waals surface area contributed by atoms with E-state index in [4.69, 9.17) is 0 Å². The molecule has 2 heterocycles. The van der Waals surface area contributed by atoms with Crippen molar-refractivity contribution >= 4 is 0 Å². The van der Waals surface area contributed by atoms with Crippen molar-refractivity contribution in [2.24, 2.45) is 0 Å². The molecule has 4 heteroatoms. The molecule has 0 radical (unpaired) electrons. The predicted molar refractivity (Wildman–Crippen MR) is 44.8 cm³/mol. The minimum atomic E-state index is -2.24. The molecule has 2 rings (SSSR count). The second-order valence-corrected chi connectivity index (χ2v) is 4.10. The first-order valence-electron chi connectivity index (χ1n) is 4.88. The molecule has 0 aromatic rings. The Balaban J connectivity index is 1.98. The fourth-order valence-corrected chi connectivity index (χ4v) is 2.70. The van der Waals surface area contributed by atoms with Crippen LogP contribution < -0.4 is 0 Å². The third kappa shape index (κ3) is 1.83. The number of hydrogen-bond acceptors (Lipinski definition) is 2. The molecule has 2 aliphatic rings. The van der Waals surface area contributed by atoms with Crippen molar-refractivity contribution in [1.82, 2.24) is 4.90 Å². The van der Waals surface area contributed by atoms with Gasteiger partial charge in [-0.3, -0.25) is 4.90 Å². The van der Waals surface area contributed by atoms with Crippen molar-refractivity contribution in [2.45, 2.75) is 50.3 Å². The lowest BCUT2D eigenvalue weighted by molar-refractivity contribution is -0.000463. The Morgan fingerprint density at radius 3 is 2.23 bits per heavy atom. The van der Waals surface area contributed by atoms with E-state index >= 15 is 0 Å². The summed E-state index contributed by atoms with van der Waals surface area (Å²) >= 11 is 0. The topological polar surface area (TPSA) is 23.5 Å². The fraction of sp³-hybridized carbons (Fsp3) is 1.00. The average molecular weight is 191 g/mol. The van der Waals surface area contributed by atoms with Gasteiger partial charge in [0.1, 0.15) is 0 Å². The van der Waals surface area contributed by atoms with Crippen LogP contribution in [-0.4, -0.2) is 41.2 Å². The molecular formula is C9H15F2NO. The number of fused-ring (bicyclic) bond motifs is 2. The zero-order chi connectivity index (χ0) is 9.42. The van der Waals surface area contributed by atoms with Gasteiger partial charge in [-0.2, -0.15) is 0 Å². The van der Waals surface area contributed by atoms with E-state index in [1.54, 1.807) is 0 Å². The van der Waals surface area contributed by atoms with Gasteiger partial charge in [0.25, 0.3) is 6.43 Å². The van der Waals surface area contributed by atoms with E-state index in [0.717, 1.165) is 12.8 Å². The lowest BCUT2D eigenvalue weighted by atomic mass is 10.0. The molecule has 2 saturated heterocycles. The third-order valence-corrected chi connectivity index (χ3v) is 3.21. The number of rotatable bonds is 2. The first-order valence-corrected chi connectivity index (χ1v) is 4.88. The number of aliphatic hydroxyl groups excluding tert-OH is 1.